The van der Waals surface area contributed by atoms with Gasteiger partial charge in [-0.3, -0.25) is 9.78 Å². The number of hydrogen-bond donors (Lipinski definition) is 1. The molecule has 0 aliphatic carbocycles. The lowest BCUT2D eigenvalue weighted by atomic mass is 10.1. The minimum Gasteiger partial charge on any atom is -0.419 e. The van der Waals surface area contributed by atoms with Crippen molar-refractivity contribution in [2.75, 3.05) is 0 Å². The first kappa shape index (κ1) is 14.9. The third-order valence-electron chi connectivity index (χ3n) is 3.31. The van der Waals surface area contributed by atoms with E-state index in [0.717, 1.165) is 16.8 Å². The summed E-state index contributed by atoms with van der Waals surface area (Å²) in [6.45, 7) is 4.03. The van der Waals surface area contributed by atoms with Crippen LogP contribution in [0.5, 0.6) is 0 Å². The smallest absolute Gasteiger partial charge is 0.251 e. The number of benzene rings is 1. The average molecular weight is 308 g/mol. The molecule has 0 aliphatic rings. The minimum absolute atomic E-state index is 0.176. The summed E-state index contributed by atoms with van der Waals surface area (Å²) >= 11 is 0. The molecule has 0 atom stereocenters. The minimum atomic E-state index is -0.176. The third kappa shape index (κ3) is 3.60. The molecule has 1 N–H and O–H groups in total. The Morgan fingerprint density at radius 3 is 2.78 bits per heavy atom. The first-order valence-electron chi connectivity index (χ1n) is 7.22. The number of amides is 1. The maximum atomic E-state index is 12.1. The molecule has 3 aromatic rings. The van der Waals surface area contributed by atoms with Gasteiger partial charge in [0.15, 0.2) is 0 Å². The lowest BCUT2D eigenvalue weighted by Crippen LogP contribution is -2.22. The number of nitrogens with one attached hydrogen (secondary N) is 1. The van der Waals surface area contributed by atoms with Crippen molar-refractivity contribution in [1.29, 1.82) is 0 Å². The molecule has 2 aromatic heterocycles. The van der Waals surface area contributed by atoms with Crippen LogP contribution in [0.4, 0.5) is 0 Å². The number of aromatic nitrogens is 3. The molecular formula is C17H16N4O2. The Bertz CT molecular complexity index is 825. The van der Waals surface area contributed by atoms with E-state index in [-0.39, 0.29) is 12.5 Å². The highest BCUT2D eigenvalue weighted by atomic mass is 16.4. The van der Waals surface area contributed by atoms with Crippen molar-refractivity contribution in [2.24, 2.45) is 0 Å². The lowest BCUT2D eigenvalue weighted by Gasteiger charge is -2.03. The van der Waals surface area contributed by atoms with Gasteiger partial charge in [0.05, 0.1) is 12.1 Å². The number of carbonyl (C=O) groups is 1. The van der Waals surface area contributed by atoms with Gasteiger partial charge < -0.3 is 9.73 Å². The van der Waals surface area contributed by atoms with Gasteiger partial charge in [-0.1, -0.05) is 17.7 Å². The van der Waals surface area contributed by atoms with Gasteiger partial charge in [0.25, 0.3) is 5.91 Å². The molecule has 116 valence electrons. The van der Waals surface area contributed by atoms with Crippen LogP contribution in [-0.4, -0.2) is 21.1 Å². The van der Waals surface area contributed by atoms with Crippen LogP contribution in [0.1, 0.15) is 27.5 Å². The van der Waals surface area contributed by atoms with Crippen LogP contribution in [-0.2, 0) is 6.54 Å². The van der Waals surface area contributed by atoms with Crippen molar-refractivity contribution in [3.63, 3.8) is 0 Å². The molecule has 23 heavy (non-hydrogen) atoms. The molecule has 0 bridgehead atoms. The SMILES string of the molecule is Cc1cccc(C(=O)NCc2nnc(-c3ccc(C)nc3)o2)c1. The summed E-state index contributed by atoms with van der Waals surface area (Å²) in [5.41, 5.74) is 3.30. The second-order valence-corrected chi connectivity index (χ2v) is 5.24. The fourth-order valence-electron chi connectivity index (χ4n) is 2.08. The second kappa shape index (κ2) is 6.39. The Labute approximate surface area is 133 Å². The maximum absolute atomic E-state index is 12.1. The Kier molecular flexibility index (Phi) is 4.14. The summed E-state index contributed by atoms with van der Waals surface area (Å²) in [6, 6.07) is 11.1. The number of carbonyl (C=O) groups excluding carboxylic acids is 1. The summed E-state index contributed by atoms with van der Waals surface area (Å²) in [5.74, 6) is 0.560. The average Bonchev–Trinajstić information content (AvgIpc) is 3.02. The molecule has 3 rings (SSSR count). The largest absolute Gasteiger partial charge is 0.419 e. The quantitative estimate of drug-likeness (QED) is 0.801. The van der Waals surface area contributed by atoms with Crippen LogP contribution in [0.25, 0.3) is 11.5 Å². The Morgan fingerprint density at radius 2 is 2.04 bits per heavy atom. The monoisotopic (exact) mass is 308 g/mol. The number of rotatable bonds is 4. The molecule has 0 saturated carbocycles. The fraction of sp³-hybridized carbons (Fsp3) is 0.176. The normalized spacial score (nSPS) is 10.5. The molecule has 6 heteroatoms. The predicted octanol–water partition coefficient (Wildman–Crippen LogP) is 2.68. The zero-order valence-electron chi connectivity index (χ0n) is 12.9. The summed E-state index contributed by atoms with van der Waals surface area (Å²) in [4.78, 5) is 16.3. The maximum Gasteiger partial charge on any atom is 0.251 e. The van der Waals surface area contributed by atoms with E-state index < -0.39 is 0 Å². The first-order chi connectivity index (χ1) is 11.1. The van der Waals surface area contributed by atoms with Crippen LogP contribution in [0, 0.1) is 13.8 Å². The third-order valence-corrected chi connectivity index (χ3v) is 3.31. The van der Waals surface area contributed by atoms with Gasteiger partial charge in [0.2, 0.25) is 11.8 Å². The van der Waals surface area contributed by atoms with Crippen LogP contribution in [0.2, 0.25) is 0 Å². The molecule has 0 radical (unpaired) electrons. The van der Waals surface area contributed by atoms with Crippen LogP contribution in [0.3, 0.4) is 0 Å². The van der Waals surface area contributed by atoms with E-state index in [2.05, 4.69) is 20.5 Å². The summed E-state index contributed by atoms with van der Waals surface area (Å²) in [5, 5.41) is 10.7. The Balaban J connectivity index is 1.65. The zero-order chi connectivity index (χ0) is 16.2. The standard InChI is InChI=1S/C17H16N4O2/c1-11-4-3-5-13(8-11)16(22)19-10-15-20-21-17(23-15)14-7-6-12(2)18-9-14/h3-9H,10H2,1-2H3,(H,19,22). The topological polar surface area (TPSA) is 80.9 Å². The molecule has 0 spiro atoms. The second-order valence-electron chi connectivity index (χ2n) is 5.24. The van der Waals surface area contributed by atoms with Crippen molar-refractivity contribution in [3.05, 3.63) is 65.3 Å². The van der Waals surface area contributed by atoms with Crippen LogP contribution < -0.4 is 5.32 Å². The Hall–Kier alpha value is -3.02. The Morgan fingerprint density at radius 1 is 1.17 bits per heavy atom. The highest BCUT2D eigenvalue weighted by Gasteiger charge is 2.11. The van der Waals surface area contributed by atoms with Gasteiger partial charge >= 0.3 is 0 Å². The van der Waals surface area contributed by atoms with E-state index in [1.54, 1.807) is 12.3 Å². The molecule has 0 fully saturated rings. The van der Waals surface area contributed by atoms with Crippen molar-refractivity contribution in [1.82, 2.24) is 20.5 Å². The van der Waals surface area contributed by atoms with Crippen LogP contribution >= 0.6 is 0 Å². The van der Waals surface area contributed by atoms with Gasteiger partial charge in [-0.25, -0.2) is 0 Å². The van der Waals surface area contributed by atoms with E-state index in [1.807, 2.05) is 44.2 Å². The van der Waals surface area contributed by atoms with E-state index in [9.17, 15) is 4.79 Å². The van der Waals surface area contributed by atoms with Crippen LogP contribution in [0.15, 0.2) is 47.0 Å². The molecule has 2 heterocycles. The van der Waals surface area contributed by atoms with Gasteiger partial charge in [-0.05, 0) is 38.1 Å². The van der Waals surface area contributed by atoms with E-state index in [4.69, 9.17) is 4.42 Å². The van der Waals surface area contributed by atoms with Crippen molar-refractivity contribution >= 4 is 5.91 Å². The van der Waals surface area contributed by atoms with Gasteiger partial charge in [0, 0.05) is 17.5 Å². The van der Waals surface area contributed by atoms with Crippen molar-refractivity contribution in [3.8, 4) is 11.5 Å². The van der Waals surface area contributed by atoms with E-state index >= 15 is 0 Å². The number of pyridine rings is 1. The van der Waals surface area contributed by atoms with Crippen molar-refractivity contribution < 1.29 is 9.21 Å². The van der Waals surface area contributed by atoms with E-state index in [0.29, 0.717) is 17.3 Å². The molecule has 0 aliphatic heterocycles. The summed E-state index contributed by atoms with van der Waals surface area (Å²) in [7, 11) is 0. The van der Waals surface area contributed by atoms with E-state index in [1.165, 1.54) is 0 Å². The molecule has 0 unspecified atom stereocenters. The summed E-state index contributed by atoms with van der Waals surface area (Å²) in [6.07, 6.45) is 1.68. The van der Waals surface area contributed by atoms with Gasteiger partial charge in [-0.15, -0.1) is 10.2 Å². The molecule has 1 amide bonds. The molecule has 0 saturated heterocycles. The molecule has 6 nitrogen and oxygen atoms in total. The highest BCUT2D eigenvalue weighted by molar-refractivity contribution is 5.94. The predicted molar refractivity (Wildman–Crippen MR) is 84.6 cm³/mol. The number of hydrogen-bond acceptors (Lipinski definition) is 5. The number of nitrogens with zero attached hydrogens (tertiary/aromatic N) is 3. The van der Waals surface area contributed by atoms with Crippen molar-refractivity contribution in [2.45, 2.75) is 20.4 Å². The fourth-order valence-corrected chi connectivity index (χ4v) is 2.08. The number of aryl methyl sites for hydroxylation is 2. The molecular weight excluding hydrogens is 292 g/mol. The summed E-state index contributed by atoms with van der Waals surface area (Å²) < 4.78 is 5.54. The van der Waals surface area contributed by atoms with Gasteiger partial charge in [0.1, 0.15) is 0 Å². The first-order valence-corrected chi connectivity index (χ1v) is 7.22. The molecule has 1 aromatic carbocycles. The van der Waals surface area contributed by atoms with Gasteiger partial charge in [-0.2, -0.15) is 0 Å². The zero-order valence-corrected chi connectivity index (χ0v) is 12.9. The lowest BCUT2D eigenvalue weighted by molar-refractivity contribution is 0.0947. The highest BCUT2D eigenvalue weighted by Crippen LogP contribution is 2.16.